The first-order valence-corrected chi connectivity index (χ1v) is 30.5. The van der Waals surface area contributed by atoms with Crippen molar-refractivity contribution < 1.29 is 53.0 Å². The number of amides is 9. The zero-order valence-corrected chi connectivity index (χ0v) is 49.6. The third-order valence-electron chi connectivity index (χ3n) is 14.8. The molecule has 2 aromatic heterocycles. The van der Waals surface area contributed by atoms with Crippen LogP contribution in [-0.2, 0) is 65.8 Å². The Hall–Kier alpha value is -5.95. The van der Waals surface area contributed by atoms with E-state index in [4.69, 9.17) is 27.1 Å². The van der Waals surface area contributed by atoms with E-state index in [0.717, 1.165) is 16.5 Å². The molecule has 11 N–H and O–H groups in total. The summed E-state index contributed by atoms with van der Waals surface area (Å²) >= 11 is 8.84. The molecule has 2 saturated heterocycles. The van der Waals surface area contributed by atoms with Crippen molar-refractivity contribution in [2.75, 3.05) is 31.3 Å². The Kier molecular flexibility index (Phi) is 23.7. The van der Waals surface area contributed by atoms with Gasteiger partial charge in [-0.25, -0.2) is 0 Å². The molecule has 444 valence electrons. The van der Waals surface area contributed by atoms with Crippen LogP contribution in [0.25, 0.3) is 10.9 Å². The number of pyridine rings is 1. The van der Waals surface area contributed by atoms with Gasteiger partial charge in [-0.05, 0) is 79.8 Å². The van der Waals surface area contributed by atoms with Gasteiger partial charge in [0.15, 0.2) is 0 Å². The molecule has 3 aromatic rings. The third kappa shape index (κ3) is 18.0. The summed E-state index contributed by atoms with van der Waals surface area (Å²) in [6.07, 6.45) is 1.96. The van der Waals surface area contributed by atoms with Gasteiger partial charge in [-0.2, -0.15) is 23.5 Å². The number of aryl methyl sites for hydroxylation is 1. The highest BCUT2D eigenvalue weighted by atomic mass is 35.5. The highest BCUT2D eigenvalue weighted by Crippen LogP contribution is 2.27. The molecule has 1 spiro atoms. The van der Waals surface area contributed by atoms with Crippen molar-refractivity contribution in [3.63, 3.8) is 0 Å². The molecule has 2 fully saturated rings. The second kappa shape index (κ2) is 29.9. The first-order valence-electron chi connectivity index (χ1n) is 27.8. The maximum atomic E-state index is 14.8. The van der Waals surface area contributed by atoms with E-state index in [0.29, 0.717) is 35.0 Å². The molecule has 81 heavy (non-hydrogen) atoms. The molecule has 5 heterocycles. The molecule has 0 radical (unpaired) electrons. The fraction of sp³-hybridized carbons (Fsp3) is 0.607. The molecule has 22 nitrogen and oxygen atoms in total. The summed E-state index contributed by atoms with van der Waals surface area (Å²) in [6, 6.07) is 2.72. The van der Waals surface area contributed by atoms with E-state index in [9.17, 15) is 48.3 Å². The van der Waals surface area contributed by atoms with Gasteiger partial charge in [-0.1, -0.05) is 65.6 Å². The summed E-state index contributed by atoms with van der Waals surface area (Å²) < 4.78 is 5.67. The number of nitrogens with two attached hydrogens (primary N) is 1. The Morgan fingerprint density at radius 3 is 2.23 bits per heavy atom. The molecule has 0 aliphatic carbocycles. The molecular weight excluding hydrogens is 1100 g/mol. The Bertz CT molecular complexity index is 2740. The number of H-pyrrole nitrogens is 1. The smallest absolute Gasteiger partial charge is 0.246 e. The number of benzene rings is 1. The number of aliphatic hydroxyl groups excluding tert-OH is 1. The van der Waals surface area contributed by atoms with Crippen LogP contribution in [0, 0.1) is 17.8 Å². The van der Waals surface area contributed by atoms with Crippen LogP contribution in [0.4, 0.5) is 0 Å². The van der Waals surface area contributed by atoms with E-state index < -0.39 is 107 Å². The van der Waals surface area contributed by atoms with Gasteiger partial charge in [0.25, 0.3) is 0 Å². The van der Waals surface area contributed by atoms with Gasteiger partial charge in [0.1, 0.15) is 47.8 Å². The molecule has 0 saturated carbocycles. The average Bonchev–Trinajstić information content (AvgIpc) is 4.18. The number of primary amides is 1. The van der Waals surface area contributed by atoms with Crippen molar-refractivity contribution in [1.82, 2.24) is 52.1 Å². The molecule has 3 aliphatic rings. The zero-order valence-electron chi connectivity index (χ0n) is 47.2. The number of thioether (sulfide) groups is 2. The second-order valence-electron chi connectivity index (χ2n) is 22.3. The quantitative estimate of drug-likeness (QED) is 0.0986. The number of ether oxygens (including phenoxy) is 1. The lowest BCUT2D eigenvalue weighted by atomic mass is 9.87. The number of nitrogens with one attached hydrogen (secondary N) is 8. The number of rotatable bonds is 16. The van der Waals surface area contributed by atoms with E-state index in [1.165, 1.54) is 35.3 Å². The van der Waals surface area contributed by atoms with Gasteiger partial charge in [-0.3, -0.25) is 48.1 Å². The van der Waals surface area contributed by atoms with Crippen LogP contribution in [0.2, 0.25) is 5.02 Å². The van der Waals surface area contributed by atoms with Gasteiger partial charge in [0, 0.05) is 90.6 Å². The summed E-state index contributed by atoms with van der Waals surface area (Å²) in [7, 11) is 0. The number of hydrogen-bond acceptors (Lipinski definition) is 14. The SMILES string of the molecule is CC[C@H](C)[C@@H]1NC(=O)[C@H](CC(C)C)NC(=O)C2(CCOCC2)NC(=O)[C@@H](NC(=O)[C@@H](CC(C)C)NC(=O)[C@H](C)NC(=O)[C@@H]2C[C@@H](O)CN2C(=O)CCc2c[nH]c3ccc(Cl)cc23)CSCc2cccc(n2)CSC[C@@H](C(N)=O)NC1=O. The van der Waals surface area contributed by atoms with Gasteiger partial charge in [0.2, 0.25) is 53.2 Å². The fourth-order valence-corrected chi connectivity index (χ4v) is 12.1. The highest BCUT2D eigenvalue weighted by Gasteiger charge is 2.45. The van der Waals surface area contributed by atoms with Crippen LogP contribution < -0.4 is 43.0 Å². The van der Waals surface area contributed by atoms with Crippen molar-refractivity contribution in [2.24, 2.45) is 23.5 Å². The topological polar surface area (TPSA) is 325 Å². The predicted octanol–water partition coefficient (Wildman–Crippen LogP) is 2.51. The summed E-state index contributed by atoms with van der Waals surface area (Å²) in [5, 5.41) is 31.8. The Morgan fingerprint density at radius 1 is 0.889 bits per heavy atom. The van der Waals surface area contributed by atoms with Gasteiger partial charge in [0.05, 0.1) is 17.5 Å². The number of aliphatic hydroxyl groups is 1. The molecule has 3 aliphatic heterocycles. The minimum atomic E-state index is -1.62. The van der Waals surface area contributed by atoms with Crippen LogP contribution in [0.5, 0.6) is 0 Å². The first kappa shape index (κ1) is 64.2. The maximum absolute atomic E-state index is 14.8. The van der Waals surface area contributed by atoms with Crippen molar-refractivity contribution in [3.8, 4) is 0 Å². The molecular formula is C56H80ClN11O11S2. The van der Waals surface area contributed by atoms with Gasteiger partial charge < -0.3 is 62.7 Å². The number of hydrogen-bond donors (Lipinski definition) is 10. The van der Waals surface area contributed by atoms with Gasteiger partial charge >= 0.3 is 0 Å². The number of likely N-dealkylation sites (tertiary alicyclic amines) is 1. The predicted molar refractivity (Wildman–Crippen MR) is 310 cm³/mol. The number of aromatic nitrogens is 2. The second-order valence-corrected chi connectivity index (χ2v) is 24.8. The standard InChI is InChI=1S/C56H80ClN11O11S2/c1-8-32(6)47-54(77)63-43(48(58)71)28-80-26-36-10-9-11-37(61-36)27-81-29-44(52(75)67-56(16-18-79-19-17-56)55(78)65-42(21-31(4)5)51(74)66-47)64-50(73)41(20-30(2)3)62-49(72)33(7)60-53(76)45-23-38(69)25-68(45)46(70)15-12-34-24-59-40-14-13-35(57)22-39(34)40/h9-11,13-14,22,24,30-33,38,41-45,47,59,69H,8,12,15-21,23,25-29H2,1-7H3,(H2,58,71)(H,60,76)(H,62,72)(H,63,77)(H,64,73)(H,65,78)(H,66,74)(H,67,75)/t32-,33-,38+,41+,42-,43-,44-,45-,47-/m0/s1. The molecule has 9 atom stereocenters. The highest BCUT2D eigenvalue weighted by molar-refractivity contribution is 7.98. The molecule has 1 aromatic carbocycles. The van der Waals surface area contributed by atoms with E-state index in [-0.39, 0.29) is 93.3 Å². The van der Waals surface area contributed by atoms with Crippen LogP contribution in [-0.4, -0.2) is 158 Å². The Morgan fingerprint density at radius 2 is 1.58 bits per heavy atom. The summed E-state index contributed by atoms with van der Waals surface area (Å²) in [6.45, 7) is 12.6. The van der Waals surface area contributed by atoms with Crippen LogP contribution in [0.1, 0.15) is 110 Å². The largest absolute Gasteiger partial charge is 0.391 e. The van der Waals surface area contributed by atoms with Gasteiger partial charge in [-0.15, -0.1) is 0 Å². The third-order valence-corrected chi connectivity index (χ3v) is 17.2. The average molecular weight is 1180 g/mol. The molecule has 0 unspecified atom stereocenters. The lowest BCUT2D eigenvalue weighted by Gasteiger charge is -2.39. The van der Waals surface area contributed by atoms with E-state index in [1.807, 2.05) is 58.9 Å². The molecule has 9 amide bonds. The monoisotopic (exact) mass is 1180 g/mol. The number of aromatic amines is 1. The number of β-amino-alcohol motifs (C(OH)–C–C–N with tert-alkyl or cyclic N) is 1. The number of carbonyl (C=O) groups is 9. The lowest BCUT2D eigenvalue weighted by molar-refractivity contribution is -0.141. The minimum Gasteiger partial charge on any atom is -0.391 e. The summed E-state index contributed by atoms with van der Waals surface area (Å²) in [4.78, 5) is 136. The van der Waals surface area contributed by atoms with Crippen molar-refractivity contribution in [3.05, 3.63) is 64.6 Å². The molecule has 6 rings (SSSR count). The van der Waals surface area contributed by atoms with Crippen LogP contribution in [0.15, 0.2) is 42.6 Å². The lowest BCUT2D eigenvalue weighted by Crippen LogP contribution is -2.67. The van der Waals surface area contributed by atoms with E-state index in [1.54, 1.807) is 25.3 Å². The minimum absolute atomic E-state index is 0.0115. The Balaban J connectivity index is 1.21. The number of halogens is 1. The van der Waals surface area contributed by atoms with Crippen molar-refractivity contribution >= 4 is 99.2 Å². The van der Waals surface area contributed by atoms with E-state index >= 15 is 0 Å². The Labute approximate surface area is 486 Å². The van der Waals surface area contributed by atoms with Crippen molar-refractivity contribution in [2.45, 2.75) is 165 Å². The number of fused-ring (bicyclic) bond motifs is 3. The normalized spacial score (nSPS) is 23.7. The maximum Gasteiger partial charge on any atom is 0.246 e. The van der Waals surface area contributed by atoms with E-state index in [2.05, 4.69) is 42.2 Å². The number of nitrogens with zero attached hydrogens (tertiary/aromatic N) is 2. The zero-order chi connectivity index (χ0) is 59.1. The van der Waals surface area contributed by atoms with Crippen LogP contribution >= 0.6 is 35.1 Å². The molecule has 25 heteroatoms. The van der Waals surface area contributed by atoms with Crippen molar-refractivity contribution in [1.29, 1.82) is 0 Å². The summed E-state index contributed by atoms with van der Waals surface area (Å²) in [5.41, 5.74) is 7.19. The summed E-state index contributed by atoms with van der Waals surface area (Å²) in [5.74, 6) is -5.79. The number of carbonyl (C=O) groups excluding carboxylic acids is 9. The fourth-order valence-electron chi connectivity index (χ4n) is 10.0. The van der Waals surface area contributed by atoms with Crippen LogP contribution in [0.3, 0.4) is 0 Å². The first-order chi connectivity index (χ1) is 38.5. The molecule has 2 bridgehead atoms.